The Balaban J connectivity index is 1.56. The number of rotatable bonds is 7. The third-order valence-corrected chi connectivity index (χ3v) is 4.88. The van der Waals surface area contributed by atoms with Crippen LogP contribution in [0, 0.1) is 0 Å². The van der Waals surface area contributed by atoms with Crippen molar-refractivity contribution < 1.29 is 22.6 Å². The first-order valence-electron chi connectivity index (χ1n) is 10.0. The topological polar surface area (TPSA) is 140 Å². The molecule has 180 valence electrons. The first-order valence-corrected chi connectivity index (χ1v) is 10.0. The number of nitrogens with two attached hydrogens (primary N) is 1. The summed E-state index contributed by atoms with van der Waals surface area (Å²) in [4.78, 5) is 14.7. The van der Waals surface area contributed by atoms with E-state index < -0.39 is 17.6 Å². The predicted molar refractivity (Wildman–Crippen MR) is 119 cm³/mol. The molecule has 0 aliphatic heterocycles. The van der Waals surface area contributed by atoms with Crippen LogP contribution in [0.1, 0.15) is 27.3 Å². The SMILES string of the molecule is CN(Cc1c(C(=O)N/N=C/c2ccc(C(F)(F)F)cc2)nnn1-c1nonc1N)c1ccccc1. The minimum Gasteiger partial charge on any atom is -0.378 e. The van der Waals surface area contributed by atoms with E-state index in [2.05, 4.69) is 35.8 Å². The van der Waals surface area contributed by atoms with Crippen molar-refractivity contribution in [3.05, 3.63) is 77.1 Å². The number of alkyl halides is 3. The zero-order valence-corrected chi connectivity index (χ0v) is 18.1. The molecule has 2 aromatic carbocycles. The molecule has 0 spiro atoms. The van der Waals surface area contributed by atoms with Crippen LogP contribution in [0.25, 0.3) is 5.82 Å². The maximum atomic E-state index is 12.8. The molecule has 2 heterocycles. The van der Waals surface area contributed by atoms with Gasteiger partial charge in [0.15, 0.2) is 5.69 Å². The van der Waals surface area contributed by atoms with E-state index in [9.17, 15) is 18.0 Å². The number of nitrogens with zero attached hydrogens (tertiary/aromatic N) is 7. The van der Waals surface area contributed by atoms with Gasteiger partial charge < -0.3 is 10.6 Å². The number of halogens is 3. The second-order valence-electron chi connectivity index (χ2n) is 7.28. The fraction of sp³-hybridized carbons (Fsp3) is 0.143. The number of benzene rings is 2. The molecular weight excluding hydrogens is 467 g/mol. The Morgan fingerprint density at radius 3 is 2.51 bits per heavy atom. The fourth-order valence-electron chi connectivity index (χ4n) is 3.10. The number of hydrazone groups is 1. The predicted octanol–water partition coefficient (Wildman–Crippen LogP) is 2.65. The van der Waals surface area contributed by atoms with Crippen molar-refractivity contribution in [2.45, 2.75) is 12.7 Å². The monoisotopic (exact) mass is 485 g/mol. The van der Waals surface area contributed by atoms with Crippen molar-refractivity contribution in [1.29, 1.82) is 0 Å². The van der Waals surface area contributed by atoms with E-state index in [4.69, 9.17) is 5.73 Å². The second kappa shape index (κ2) is 9.62. The van der Waals surface area contributed by atoms with E-state index in [0.717, 1.165) is 17.8 Å². The zero-order chi connectivity index (χ0) is 25.0. The molecule has 0 saturated heterocycles. The lowest BCUT2D eigenvalue weighted by molar-refractivity contribution is -0.137. The van der Waals surface area contributed by atoms with Crippen LogP contribution in [0.2, 0.25) is 0 Å². The van der Waals surface area contributed by atoms with Gasteiger partial charge in [0.25, 0.3) is 5.91 Å². The summed E-state index contributed by atoms with van der Waals surface area (Å²) in [5, 5.41) is 18.9. The smallest absolute Gasteiger partial charge is 0.378 e. The summed E-state index contributed by atoms with van der Waals surface area (Å²) in [5.41, 5.74) is 8.77. The highest BCUT2D eigenvalue weighted by Crippen LogP contribution is 2.28. The van der Waals surface area contributed by atoms with Gasteiger partial charge in [-0.3, -0.25) is 4.79 Å². The van der Waals surface area contributed by atoms with E-state index in [1.54, 1.807) is 0 Å². The molecule has 0 aliphatic rings. The van der Waals surface area contributed by atoms with Gasteiger partial charge in [0.05, 0.1) is 24.0 Å². The van der Waals surface area contributed by atoms with Gasteiger partial charge >= 0.3 is 6.18 Å². The van der Waals surface area contributed by atoms with E-state index in [1.165, 1.54) is 23.0 Å². The van der Waals surface area contributed by atoms with Crippen LogP contribution in [0.4, 0.5) is 24.7 Å². The lowest BCUT2D eigenvalue weighted by Crippen LogP contribution is -2.24. The number of carbonyl (C=O) groups is 1. The Bertz CT molecular complexity index is 1330. The molecule has 0 bridgehead atoms. The van der Waals surface area contributed by atoms with Crippen LogP contribution in [0.5, 0.6) is 0 Å². The van der Waals surface area contributed by atoms with Crippen LogP contribution < -0.4 is 16.1 Å². The number of nitrogens with one attached hydrogen (secondary N) is 1. The highest BCUT2D eigenvalue weighted by atomic mass is 19.4. The van der Waals surface area contributed by atoms with Gasteiger partial charge in [0, 0.05) is 12.7 Å². The molecule has 35 heavy (non-hydrogen) atoms. The quantitative estimate of drug-likeness (QED) is 0.301. The molecule has 0 fully saturated rings. The molecule has 0 radical (unpaired) electrons. The van der Waals surface area contributed by atoms with Crippen LogP contribution in [0.15, 0.2) is 64.3 Å². The number of nitrogen functional groups attached to an aromatic ring is 1. The van der Waals surface area contributed by atoms with Crippen molar-refractivity contribution >= 4 is 23.6 Å². The van der Waals surface area contributed by atoms with Gasteiger partial charge in [-0.1, -0.05) is 35.5 Å². The molecule has 0 atom stereocenters. The average Bonchev–Trinajstić information content (AvgIpc) is 3.45. The van der Waals surface area contributed by atoms with Crippen LogP contribution >= 0.6 is 0 Å². The first-order chi connectivity index (χ1) is 16.7. The third kappa shape index (κ3) is 5.26. The Hall–Kier alpha value is -4.75. The summed E-state index contributed by atoms with van der Waals surface area (Å²) in [5.74, 6) is -0.696. The van der Waals surface area contributed by atoms with Gasteiger partial charge in [-0.15, -0.1) is 5.10 Å². The molecule has 4 aromatic rings. The highest BCUT2D eigenvalue weighted by Gasteiger charge is 2.30. The van der Waals surface area contributed by atoms with Gasteiger partial charge in [0.2, 0.25) is 11.6 Å². The molecule has 1 amide bonds. The minimum absolute atomic E-state index is 0.0502. The highest BCUT2D eigenvalue weighted by molar-refractivity contribution is 5.94. The molecule has 14 heteroatoms. The summed E-state index contributed by atoms with van der Waals surface area (Å²) in [6, 6.07) is 13.7. The van der Waals surface area contributed by atoms with E-state index in [-0.39, 0.29) is 23.9 Å². The van der Waals surface area contributed by atoms with Gasteiger partial charge in [-0.05, 0) is 40.1 Å². The largest absolute Gasteiger partial charge is 0.416 e. The third-order valence-electron chi connectivity index (χ3n) is 4.88. The molecule has 4 rings (SSSR count). The average molecular weight is 485 g/mol. The number of hydrogen-bond acceptors (Lipinski definition) is 9. The van der Waals surface area contributed by atoms with Gasteiger partial charge in [0.1, 0.15) is 0 Å². The first kappa shape index (κ1) is 23.4. The molecule has 0 saturated carbocycles. The Labute approximate surface area is 196 Å². The molecule has 0 unspecified atom stereocenters. The summed E-state index contributed by atoms with van der Waals surface area (Å²) in [6.45, 7) is 0.175. The summed E-state index contributed by atoms with van der Waals surface area (Å²) in [6.07, 6.45) is -3.24. The van der Waals surface area contributed by atoms with Crippen molar-refractivity contribution in [2.24, 2.45) is 5.10 Å². The maximum Gasteiger partial charge on any atom is 0.416 e. The summed E-state index contributed by atoms with van der Waals surface area (Å²) in [7, 11) is 1.81. The normalized spacial score (nSPS) is 11.7. The summed E-state index contributed by atoms with van der Waals surface area (Å²) < 4.78 is 44.0. The summed E-state index contributed by atoms with van der Waals surface area (Å²) >= 11 is 0. The number of aromatic nitrogens is 5. The molecule has 11 nitrogen and oxygen atoms in total. The molecule has 3 N–H and O–H groups in total. The Kier molecular flexibility index (Phi) is 6.44. The van der Waals surface area contributed by atoms with Crippen LogP contribution in [-0.2, 0) is 12.7 Å². The number of carbonyl (C=O) groups excluding carboxylic acids is 1. The number of anilines is 2. The number of para-hydroxylation sites is 1. The molecule has 2 aromatic heterocycles. The Morgan fingerprint density at radius 1 is 1.17 bits per heavy atom. The zero-order valence-electron chi connectivity index (χ0n) is 18.1. The Morgan fingerprint density at radius 2 is 1.89 bits per heavy atom. The standard InChI is InChI=1S/C21H18F3N9O2/c1-32(15-5-3-2-4-6-15)12-16-17(27-31-33(16)19-18(25)29-35-30-19)20(34)28-26-11-13-7-9-14(10-8-13)21(22,23)24/h2-11H,12H2,1H3,(H2,25,29)(H,28,34)/b26-11+. The fourth-order valence-corrected chi connectivity index (χ4v) is 3.10. The minimum atomic E-state index is -4.44. The molecular formula is C21H18F3N9O2. The number of amides is 1. The van der Waals surface area contributed by atoms with E-state index >= 15 is 0 Å². The van der Waals surface area contributed by atoms with Crippen molar-refractivity contribution in [2.75, 3.05) is 17.7 Å². The van der Waals surface area contributed by atoms with Crippen molar-refractivity contribution in [3.63, 3.8) is 0 Å². The second-order valence-corrected chi connectivity index (χ2v) is 7.28. The molecule has 0 aliphatic carbocycles. The van der Waals surface area contributed by atoms with E-state index in [0.29, 0.717) is 11.3 Å². The van der Waals surface area contributed by atoms with Crippen LogP contribution in [-0.4, -0.2) is 44.5 Å². The van der Waals surface area contributed by atoms with Crippen LogP contribution in [0.3, 0.4) is 0 Å². The maximum absolute atomic E-state index is 12.8. The van der Waals surface area contributed by atoms with Crippen molar-refractivity contribution in [1.82, 2.24) is 30.7 Å². The van der Waals surface area contributed by atoms with E-state index in [1.807, 2.05) is 42.3 Å². The van der Waals surface area contributed by atoms with Gasteiger partial charge in [-0.25, -0.2) is 10.1 Å². The lowest BCUT2D eigenvalue weighted by atomic mass is 10.1. The van der Waals surface area contributed by atoms with Crippen molar-refractivity contribution in [3.8, 4) is 5.82 Å². The van der Waals surface area contributed by atoms with Gasteiger partial charge in [-0.2, -0.15) is 23.0 Å². The number of hydrogen-bond donors (Lipinski definition) is 2. The lowest BCUT2D eigenvalue weighted by Gasteiger charge is -2.19.